The molecule has 1 heterocycles. The van der Waals surface area contributed by atoms with Crippen LogP contribution in [0.5, 0.6) is 0 Å². The lowest BCUT2D eigenvalue weighted by atomic mass is 10.1. The van der Waals surface area contributed by atoms with Crippen molar-refractivity contribution in [3.8, 4) is 0 Å². The van der Waals surface area contributed by atoms with Gasteiger partial charge in [-0.15, -0.1) is 0 Å². The van der Waals surface area contributed by atoms with Crippen LogP contribution in [0.3, 0.4) is 0 Å². The zero-order valence-corrected chi connectivity index (χ0v) is 9.87. The van der Waals surface area contributed by atoms with Crippen molar-refractivity contribution in [2.75, 3.05) is 13.2 Å². The van der Waals surface area contributed by atoms with E-state index >= 15 is 0 Å². The number of rotatable bonds is 4. The molecule has 0 aliphatic carbocycles. The molecule has 5 heteroatoms. The van der Waals surface area contributed by atoms with Gasteiger partial charge in [-0.3, -0.25) is 4.79 Å². The molecule has 0 unspecified atom stereocenters. The fraction of sp³-hybridized carbons (Fsp3) is 0.417. The van der Waals surface area contributed by atoms with E-state index in [0.29, 0.717) is 23.8 Å². The van der Waals surface area contributed by atoms with E-state index in [1.165, 1.54) is 12.1 Å². The predicted octanol–water partition coefficient (Wildman–Crippen LogP) is 2.35. The number of carbonyl (C=O) groups excluding carboxylic acids is 1. The summed E-state index contributed by atoms with van der Waals surface area (Å²) in [4.78, 5) is 11.6. The van der Waals surface area contributed by atoms with Crippen LogP contribution < -0.4 is 0 Å². The summed E-state index contributed by atoms with van der Waals surface area (Å²) in [5.74, 6) is -0.572. The molecule has 1 aromatic rings. The average Bonchev–Trinajstić information content (AvgIpc) is 2.75. The van der Waals surface area contributed by atoms with Gasteiger partial charge in [-0.05, 0) is 17.7 Å². The summed E-state index contributed by atoms with van der Waals surface area (Å²) < 4.78 is 23.7. The van der Waals surface area contributed by atoms with Crippen molar-refractivity contribution in [1.29, 1.82) is 0 Å². The predicted molar refractivity (Wildman–Crippen MR) is 60.4 cm³/mol. The highest BCUT2D eigenvalue weighted by molar-refractivity contribution is 6.30. The zero-order valence-electron chi connectivity index (χ0n) is 9.12. The SMILES string of the molecule is O=C(Cc1ccc(Cl)cc1F)CC1OCCO1. The Kier molecular flexibility index (Phi) is 4.10. The maximum Gasteiger partial charge on any atom is 0.164 e. The van der Waals surface area contributed by atoms with Crippen LogP contribution in [0.15, 0.2) is 18.2 Å². The minimum absolute atomic E-state index is 0.0340. The lowest BCUT2D eigenvalue weighted by Crippen LogP contribution is -2.16. The third-order valence-electron chi connectivity index (χ3n) is 2.49. The van der Waals surface area contributed by atoms with Gasteiger partial charge in [0, 0.05) is 11.4 Å². The van der Waals surface area contributed by atoms with Gasteiger partial charge in [0.15, 0.2) is 6.29 Å². The molecule has 0 saturated carbocycles. The Morgan fingerprint density at radius 2 is 2.12 bits per heavy atom. The first kappa shape index (κ1) is 12.5. The summed E-state index contributed by atoms with van der Waals surface area (Å²) in [6.07, 6.45) is -0.285. The van der Waals surface area contributed by atoms with E-state index < -0.39 is 12.1 Å². The fourth-order valence-corrected chi connectivity index (χ4v) is 1.82. The monoisotopic (exact) mass is 258 g/mol. The number of carbonyl (C=O) groups is 1. The van der Waals surface area contributed by atoms with Crippen molar-refractivity contribution >= 4 is 17.4 Å². The van der Waals surface area contributed by atoms with E-state index in [1.54, 1.807) is 6.07 Å². The number of hydrogen-bond donors (Lipinski definition) is 0. The molecule has 0 atom stereocenters. The van der Waals surface area contributed by atoms with Crippen LogP contribution in [0.2, 0.25) is 5.02 Å². The van der Waals surface area contributed by atoms with Gasteiger partial charge in [0.1, 0.15) is 11.6 Å². The summed E-state index contributed by atoms with van der Waals surface area (Å²) >= 11 is 5.63. The van der Waals surface area contributed by atoms with Gasteiger partial charge in [0.25, 0.3) is 0 Å². The molecule has 92 valence electrons. The van der Waals surface area contributed by atoms with Gasteiger partial charge < -0.3 is 9.47 Å². The van der Waals surface area contributed by atoms with Crippen molar-refractivity contribution in [3.05, 3.63) is 34.6 Å². The molecule has 3 nitrogen and oxygen atoms in total. The van der Waals surface area contributed by atoms with E-state index in [9.17, 15) is 9.18 Å². The van der Waals surface area contributed by atoms with E-state index in [1.807, 2.05) is 0 Å². The number of hydrogen-bond acceptors (Lipinski definition) is 3. The van der Waals surface area contributed by atoms with E-state index in [4.69, 9.17) is 21.1 Å². The smallest absolute Gasteiger partial charge is 0.164 e. The van der Waals surface area contributed by atoms with Crippen LogP contribution in [0.25, 0.3) is 0 Å². The molecule has 0 N–H and O–H groups in total. The topological polar surface area (TPSA) is 35.5 Å². The summed E-state index contributed by atoms with van der Waals surface area (Å²) in [7, 11) is 0. The molecule has 1 aliphatic heterocycles. The molecule has 0 bridgehead atoms. The number of benzene rings is 1. The highest BCUT2D eigenvalue weighted by Crippen LogP contribution is 2.17. The first-order chi connectivity index (χ1) is 8.15. The van der Waals surface area contributed by atoms with Gasteiger partial charge in [-0.25, -0.2) is 4.39 Å². The first-order valence-electron chi connectivity index (χ1n) is 5.34. The number of ether oxygens (including phenoxy) is 2. The average molecular weight is 259 g/mol. The summed E-state index contributed by atoms with van der Waals surface area (Å²) in [5.41, 5.74) is 0.345. The third kappa shape index (κ3) is 3.49. The highest BCUT2D eigenvalue weighted by Gasteiger charge is 2.20. The van der Waals surface area contributed by atoms with Crippen LogP contribution in [0.1, 0.15) is 12.0 Å². The highest BCUT2D eigenvalue weighted by atomic mass is 35.5. The lowest BCUT2D eigenvalue weighted by Gasteiger charge is -2.08. The lowest BCUT2D eigenvalue weighted by molar-refractivity contribution is -0.126. The molecule has 0 amide bonds. The Labute approximate surface area is 103 Å². The van der Waals surface area contributed by atoms with Crippen LogP contribution >= 0.6 is 11.6 Å². The van der Waals surface area contributed by atoms with Crippen molar-refractivity contribution in [2.45, 2.75) is 19.1 Å². The molecule has 1 saturated heterocycles. The second-order valence-corrected chi connectivity index (χ2v) is 4.26. The first-order valence-corrected chi connectivity index (χ1v) is 5.72. The molecule has 1 fully saturated rings. The van der Waals surface area contributed by atoms with Crippen LogP contribution in [-0.4, -0.2) is 25.3 Å². The molecule has 2 rings (SSSR count). The minimum atomic E-state index is -0.474. The van der Waals surface area contributed by atoms with Gasteiger partial charge in [-0.1, -0.05) is 17.7 Å². The molecule has 0 radical (unpaired) electrons. The van der Waals surface area contributed by atoms with E-state index in [-0.39, 0.29) is 18.6 Å². The maximum atomic E-state index is 13.4. The molecule has 1 aliphatic rings. The maximum absolute atomic E-state index is 13.4. The van der Waals surface area contributed by atoms with E-state index in [2.05, 4.69) is 0 Å². The van der Waals surface area contributed by atoms with Gasteiger partial charge in [-0.2, -0.15) is 0 Å². The Morgan fingerprint density at radius 3 is 2.76 bits per heavy atom. The van der Waals surface area contributed by atoms with Gasteiger partial charge >= 0.3 is 0 Å². The van der Waals surface area contributed by atoms with Gasteiger partial charge in [0.05, 0.1) is 19.6 Å². The normalized spacial score (nSPS) is 16.4. The van der Waals surface area contributed by atoms with Crippen molar-refractivity contribution < 1.29 is 18.7 Å². The second-order valence-electron chi connectivity index (χ2n) is 3.83. The summed E-state index contributed by atoms with van der Waals surface area (Å²) in [6.45, 7) is 1.01. The third-order valence-corrected chi connectivity index (χ3v) is 2.72. The fourth-order valence-electron chi connectivity index (χ4n) is 1.66. The van der Waals surface area contributed by atoms with Crippen LogP contribution in [0, 0.1) is 5.82 Å². The number of halogens is 2. The summed E-state index contributed by atoms with van der Waals surface area (Å²) in [5, 5.41) is 0.321. The largest absolute Gasteiger partial charge is 0.350 e. The van der Waals surface area contributed by atoms with Gasteiger partial charge in [0.2, 0.25) is 0 Å². The Balaban J connectivity index is 1.93. The molecule has 0 spiro atoms. The van der Waals surface area contributed by atoms with E-state index in [0.717, 1.165) is 0 Å². The number of Topliss-reactive ketones (excluding diaryl/α,β-unsaturated/α-hetero) is 1. The minimum Gasteiger partial charge on any atom is -0.350 e. The zero-order chi connectivity index (χ0) is 12.3. The number of ketones is 1. The molecule has 1 aromatic carbocycles. The van der Waals surface area contributed by atoms with Crippen molar-refractivity contribution in [2.24, 2.45) is 0 Å². The van der Waals surface area contributed by atoms with Crippen molar-refractivity contribution in [3.63, 3.8) is 0 Å². The van der Waals surface area contributed by atoms with Crippen LogP contribution in [0.4, 0.5) is 4.39 Å². The van der Waals surface area contributed by atoms with Crippen LogP contribution in [-0.2, 0) is 20.7 Å². The standard InChI is InChI=1S/C12H12ClFO3/c13-9-2-1-8(11(14)6-9)5-10(15)7-12-16-3-4-17-12/h1-2,6,12H,3-5,7H2. The Bertz CT molecular complexity index is 416. The molecular formula is C12H12ClFO3. The molecule has 17 heavy (non-hydrogen) atoms. The molecular weight excluding hydrogens is 247 g/mol. The quantitative estimate of drug-likeness (QED) is 0.832. The molecule has 0 aromatic heterocycles. The second kappa shape index (κ2) is 5.58. The Hall–Kier alpha value is -0.970. The van der Waals surface area contributed by atoms with Crippen molar-refractivity contribution in [1.82, 2.24) is 0 Å². The summed E-state index contributed by atoms with van der Waals surface area (Å²) in [6, 6.07) is 4.29. The Morgan fingerprint density at radius 1 is 1.41 bits per heavy atom.